The van der Waals surface area contributed by atoms with Crippen LogP contribution in [0, 0.1) is 0 Å². The van der Waals surface area contributed by atoms with Crippen molar-refractivity contribution < 1.29 is 9.47 Å². The Balaban J connectivity index is 2.08. The fraction of sp³-hybridized carbons (Fsp3) is 0.385. The number of hydrogen-bond acceptors (Lipinski definition) is 2. The van der Waals surface area contributed by atoms with Crippen LogP contribution in [0.25, 0.3) is 0 Å². The third-order valence-corrected chi connectivity index (χ3v) is 3.84. The first-order valence-electron chi connectivity index (χ1n) is 5.61. The number of halogens is 1. The number of allylic oxidation sites excluding steroid dienone is 2. The van der Waals surface area contributed by atoms with E-state index in [0.717, 1.165) is 16.0 Å². The number of ether oxygens (including phenoxy) is 2. The van der Waals surface area contributed by atoms with Crippen molar-refractivity contribution in [2.75, 3.05) is 6.79 Å². The summed E-state index contributed by atoms with van der Waals surface area (Å²) in [5, 5.41) is 0. The van der Waals surface area contributed by atoms with Gasteiger partial charge in [-0.1, -0.05) is 28.1 Å². The predicted molar refractivity (Wildman–Crippen MR) is 66.0 cm³/mol. The molecular formula is C13H13BrO2. The summed E-state index contributed by atoms with van der Waals surface area (Å²) in [4.78, 5) is 0. The topological polar surface area (TPSA) is 18.5 Å². The van der Waals surface area contributed by atoms with Crippen LogP contribution in [0.2, 0.25) is 0 Å². The van der Waals surface area contributed by atoms with Gasteiger partial charge in [0.1, 0.15) is 0 Å². The van der Waals surface area contributed by atoms with E-state index in [-0.39, 0.29) is 0 Å². The van der Waals surface area contributed by atoms with Crippen LogP contribution in [-0.2, 0) is 0 Å². The smallest absolute Gasteiger partial charge is 0.231 e. The number of rotatable bonds is 1. The molecule has 3 heteroatoms. The summed E-state index contributed by atoms with van der Waals surface area (Å²) < 4.78 is 12.1. The van der Waals surface area contributed by atoms with Crippen molar-refractivity contribution >= 4 is 15.9 Å². The Morgan fingerprint density at radius 2 is 2.19 bits per heavy atom. The summed E-state index contributed by atoms with van der Waals surface area (Å²) in [7, 11) is 0. The molecule has 0 N–H and O–H groups in total. The summed E-state index contributed by atoms with van der Waals surface area (Å²) in [5.74, 6) is 2.25. The predicted octanol–water partition coefficient (Wildman–Crippen LogP) is 4.00. The van der Waals surface area contributed by atoms with Gasteiger partial charge in [-0.3, -0.25) is 0 Å². The maximum Gasteiger partial charge on any atom is 0.231 e. The van der Waals surface area contributed by atoms with Gasteiger partial charge in [0.15, 0.2) is 11.5 Å². The van der Waals surface area contributed by atoms with Crippen LogP contribution in [0.5, 0.6) is 11.5 Å². The van der Waals surface area contributed by atoms with Crippen LogP contribution in [0.1, 0.15) is 30.7 Å². The third-order valence-electron chi connectivity index (χ3n) is 3.15. The molecule has 0 saturated heterocycles. The van der Waals surface area contributed by atoms with Gasteiger partial charge in [-0.2, -0.15) is 0 Å². The minimum absolute atomic E-state index is 0.342. The molecule has 1 aliphatic heterocycles. The minimum atomic E-state index is 0.342. The van der Waals surface area contributed by atoms with Crippen molar-refractivity contribution in [2.45, 2.75) is 25.2 Å². The molecular weight excluding hydrogens is 268 g/mol. The van der Waals surface area contributed by atoms with Crippen LogP contribution in [-0.4, -0.2) is 6.79 Å². The Hall–Kier alpha value is -0.960. The molecule has 1 aromatic carbocycles. The summed E-state index contributed by atoms with van der Waals surface area (Å²) in [6.07, 6.45) is 8.18. The molecule has 0 fully saturated rings. The van der Waals surface area contributed by atoms with E-state index in [2.05, 4.69) is 28.1 Å². The van der Waals surface area contributed by atoms with Gasteiger partial charge in [0.05, 0.1) is 0 Å². The molecule has 0 bridgehead atoms. The van der Waals surface area contributed by atoms with E-state index in [1.54, 1.807) is 0 Å². The minimum Gasteiger partial charge on any atom is -0.454 e. The van der Waals surface area contributed by atoms with Gasteiger partial charge in [0.2, 0.25) is 6.79 Å². The fourth-order valence-corrected chi connectivity index (χ4v) is 2.97. The third kappa shape index (κ3) is 1.63. The van der Waals surface area contributed by atoms with E-state index >= 15 is 0 Å². The van der Waals surface area contributed by atoms with Gasteiger partial charge in [-0.05, 0) is 31.4 Å². The SMILES string of the molecule is Brc1ccc2c(c1C1C=CCCC1)OCO2. The zero-order chi connectivity index (χ0) is 11.0. The van der Waals surface area contributed by atoms with Crippen molar-refractivity contribution in [1.82, 2.24) is 0 Å². The lowest BCUT2D eigenvalue weighted by Crippen LogP contribution is -2.02. The maximum atomic E-state index is 5.58. The number of hydrogen-bond donors (Lipinski definition) is 0. The zero-order valence-electron chi connectivity index (χ0n) is 8.91. The van der Waals surface area contributed by atoms with Crippen molar-refractivity contribution in [3.05, 3.63) is 34.3 Å². The number of fused-ring (bicyclic) bond motifs is 1. The highest BCUT2D eigenvalue weighted by Crippen LogP contribution is 2.45. The van der Waals surface area contributed by atoms with Crippen molar-refractivity contribution in [2.24, 2.45) is 0 Å². The van der Waals surface area contributed by atoms with Crippen molar-refractivity contribution in [3.63, 3.8) is 0 Å². The highest BCUT2D eigenvalue weighted by atomic mass is 79.9. The Bertz CT molecular complexity index is 440. The van der Waals surface area contributed by atoms with Crippen LogP contribution in [0.15, 0.2) is 28.8 Å². The summed E-state index contributed by atoms with van der Waals surface area (Å²) >= 11 is 3.62. The summed E-state index contributed by atoms with van der Waals surface area (Å²) in [6, 6.07) is 4.01. The number of benzene rings is 1. The van der Waals surface area contributed by atoms with Crippen LogP contribution in [0.3, 0.4) is 0 Å². The van der Waals surface area contributed by atoms with Crippen LogP contribution in [0.4, 0.5) is 0 Å². The standard InChI is InChI=1S/C13H13BrO2/c14-10-6-7-11-13(16-8-15-11)12(10)9-4-2-1-3-5-9/h2,4,6-7,9H,1,3,5,8H2. The molecule has 0 saturated carbocycles. The highest BCUT2D eigenvalue weighted by molar-refractivity contribution is 9.10. The average Bonchev–Trinajstić information content (AvgIpc) is 2.78. The molecule has 3 rings (SSSR count). The first-order valence-corrected chi connectivity index (χ1v) is 6.40. The van der Waals surface area contributed by atoms with E-state index in [9.17, 15) is 0 Å². The van der Waals surface area contributed by atoms with E-state index in [1.807, 2.05) is 12.1 Å². The van der Waals surface area contributed by atoms with Crippen molar-refractivity contribution in [3.8, 4) is 11.5 Å². The molecule has 2 nitrogen and oxygen atoms in total. The van der Waals surface area contributed by atoms with Gasteiger partial charge < -0.3 is 9.47 Å². The summed E-state index contributed by atoms with van der Waals surface area (Å²) in [5.41, 5.74) is 1.24. The van der Waals surface area contributed by atoms with Gasteiger partial charge in [0, 0.05) is 16.0 Å². The first kappa shape index (κ1) is 10.2. The fourth-order valence-electron chi connectivity index (χ4n) is 2.37. The molecule has 2 aliphatic rings. The molecule has 16 heavy (non-hydrogen) atoms. The molecule has 0 aromatic heterocycles. The molecule has 84 valence electrons. The monoisotopic (exact) mass is 280 g/mol. The Morgan fingerprint density at radius 3 is 3.00 bits per heavy atom. The molecule has 1 aliphatic carbocycles. The molecule has 1 atom stereocenters. The second kappa shape index (κ2) is 4.13. The zero-order valence-corrected chi connectivity index (χ0v) is 10.5. The van der Waals surface area contributed by atoms with E-state index in [0.29, 0.717) is 12.7 Å². The Labute approximate surface area is 103 Å². The van der Waals surface area contributed by atoms with E-state index in [4.69, 9.17) is 9.47 Å². The molecule has 1 aromatic rings. The second-order valence-corrected chi connectivity index (χ2v) is 5.01. The molecule has 1 heterocycles. The second-order valence-electron chi connectivity index (χ2n) is 4.16. The molecule has 1 unspecified atom stereocenters. The lowest BCUT2D eigenvalue weighted by molar-refractivity contribution is 0.173. The Morgan fingerprint density at radius 1 is 1.25 bits per heavy atom. The molecule has 0 amide bonds. The van der Waals surface area contributed by atoms with Gasteiger partial charge in [-0.15, -0.1) is 0 Å². The normalized spacial score (nSPS) is 22.4. The van der Waals surface area contributed by atoms with E-state index < -0.39 is 0 Å². The highest BCUT2D eigenvalue weighted by Gasteiger charge is 2.25. The average molecular weight is 281 g/mol. The van der Waals surface area contributed by atoms with Crippen LogP contribution >= 0.6 is 15.9 Å². The van der Waals surface area contributed by atoms with Gasteiger partial charge in [-0.25, -0.2) is 0 Å². The maximum absolute atomic E-state index is 5.58. The van der Waals surface area contributed by atoms with Crippen LogP contribution < -0.4 is 9.47 Å². The summed E-state index contributed by atoms with van der Waals surface area (Å²) in [6.45, 7) is 0.342. The largest absolute Gasteiger partial charge is 0.454 e. The van der Waals surface area contributed by atoms with Crippen molar-refractivity contribution in [1.29, 1.82) is 0 Å². The Kier molecular flexibility index (Phi) is 2.64. The van der Waals surface area contributed by atoms with E-state index in [1.165, 1.54) is 24.8 Å². The van der Waals surface area contributed by atoms with Gasteiger partial charge in [0.25, 0.3) is 0 Å². The molecule has 0 spiro atoms. The van der Waals surface area contributed by atoms with Gasteiger partial charge >= 0.3 is 0 Å². The lowest BCUT2D eigenvalue weighted by Gasteiger charge is -2.19. The first-order chi connectivity index (χ1) is 7.86. The quantitative estimate of drug-likeness (QED) is 0.724. The lowest BCUT2D eigenvalue weighted by atomic mass is 9.88. The molecule has 0 radical (unpaired) electrons.